The monoisotopic (exact) mass is 344 g/mol. The van der Waals surface area contributed by atoms with Gasteiger partial charge < -0.3 is 4.74 Å². The maximum atomic E-state index is 12.5. The van der Waals surface area contributed by atoms with Crippen LogP contribution in [0.25, 0.3) is 0 Å². The lowest BCUT2D eigenvalue weighted by Gasteiger charge is -2.21. The van der Waals surface area contributed by atoms with Crippen LogP contribution >= 0.6 is 11.8 Å². The van der Waals surface area contributed by atoms with Crippen molar-refractivity contribution in [2.24, 2.45) is 0 Å². The van der Waals surface area contributed by atoms with Gasteiger partial charge in [0.15, 0.2) is 5.78 Å². The first-order valence-corrected chi connectivity index (χ1v) is 9.49. The average molecular weight is 344 g/mol. The van der Waals surface area contributed by atoms with Crippen molar-refractivity contribution in [2.45, 2.75) is 49.7 Å². The molecule has 1 aromatic carbocycles. The highest BCUT2D eigenvalue weighted by Crippen LogP contribution is 2.31. The highest BCUT2D eigenvalue weighted by atomic mass is 32.2. The number of rotatable bonds is 5. The summed E-state index contributed by atoms with van der Waals surface area (Å²) < 4.78 is 7.40. The average Bonchev–Trinajstić information content (AvgIpc) is 3.28. The first-order chi connectivity index (χ1) is 11.8. The van der Waals surface area contributed by atoms with Gasteiger partial charge >= 0.3 is 0 Å². The van der Waals surface area contributed by atoms with Crippen molar-refractivity contribution in [2.75, 3.05) is 12.4 Å². The van der Waals surface area contributed by atoms with Gasteiger partial charge in [0, 0.05) is 12.0 Å². The van der Waals surface area contributed by atoms with Crippen molar-refractivity contribution < 1.29 is 9.53 Å². The summed E-state index contributed by atoms with van der Waals surface area (Å²) in [6, 6.07) is 6.07. The van der Waals surface area contributed by atoms with Gasteiger partial charge in [-0.1, -0.05) is 31.0 Å². The fraction of sp³-hybridized carbons (Fsp3) is 0.529. The lowest BCUT2D eigenvalue weighted by atomic mass is 9.96. The standard InChI is InChI=1S/C17H20N4O2S/c22-15(12-6-7-16-13(10-12)8-9-23-16)11-24-17-18-19-20-21(17)14-4-2-1-3-5-14/h6-7,10,14H,1-5,8-9,11H2. The van der Waals surface area contributed by atoms with Crippen LogP contribution in [0.2, 0.25) is 0 Å². The predicted molar refractivity (Wildman–Crippen MR) is 90.6 cm³/mol. The Kier molecular flexibility index (Phi) is 4.51. The van der Waals surface area contributed by atoms with Gasteiger partial charge in [0.25, 0.3) is 0 Å². The molecule has 0 unspecified atom stereocenters. The molecule has 1 aliphatic carbocycles. The third-order valence-corrected chi connectivity index (χ3v) is 5.66. The number of hydrogen-bond acceptors (Lipinski definition) is 6. The predicted octanol–water partition coefficient (Wildman–Crippen LogP) is 3.09. The maximum Gasteiger partial charge on any atom is 0.210 e. The van der Waals surface area contributed by atoms with Crippen LogP contribution in [-0.4, -0.2) is 38.4 Å². The Morgan fingerprint density at radius 2 is 2.17 bits per heavy atom. The van der Waals surface area contributed by atoms with Crippen molar-refractivity contribution in [1.29, 1.82) is 0 Å². The van der Waals surface area contributed by atoms with Gasteiger partial charge in [-0.05, 0) is 47.0 Å². The molecule has 0 spiro atoms. The van der Waals surface area contributed by atoms with E-state index in [1.807, 2.05) is 22.9 Å². The summed E-state index contributed by atoms with van der Waals surface area (Å²) in [5, 5.41) is 12.8. The van der Waals surface area contributed by atoms with Crippen molar-refractivity contribution in [3.63, 3.8) is 0 Å². The number of nitrogens with zero attached hydrogens (tertiary/aromatic N) is 4. The van der Waals surface area contributed by atoms with E-state index in [0.717, 1.165) is 41.3 Å². The Hall–Kier alpha value is -1.89. The van der Waals surface area contributed by atoms with Crippen molar-refractivity contribution >= 4 is 17.5 Å². The quantitative estimate of drug-likeness (QED) is 0.613. The molecule has 7 heteroatoms. The minimum Gasteiger partial charge on any atom is -0.493 e. The summed E-state index contributed by atoms with van der Waals surface area (Å²) in [6.07, 6.45) is 6.87. The van der Waals surface area contributed by atoms with Crippen LogP contribution in [0.1, 0.15) is 54.1 Å². The number of carbonyl (C=O) groups is 1. The number of ketones is 1. The highest BCUT2D eigenvalue weighted by Gasteiger charge is 2.21. The lowest BCUT2D eigenvalue weighted by Crippen LogP contribution is -2.15. The molecule has 1 fully saturated rings. The van der Waals surface area contributed by atoms with Crippen LogP contribution in [0.15, 0.2) is 23.4 Å². The maximum absolute atomic E-state index is 12.5. The molecule has 0 bridgehead atoms. The van der Waals surface area contributed by atoms with E-state index in [4.69, 9.17) is 4.74 Å². The Bertz CT molecular complexity index is 740. The first-order valence-electron chi connectivity index (χ1n) is 8.51. The number of fused-ring (bicyclic) bond motifs is 1. The summed E-state index contributed by atoms with van der Waals surface area (Å²) in [5.41, 5.74) is 1.86. The second kappa shape index (κ2) is 6.93. The van der Waals surface area contributed by atoms with E-state index in [0.29, 0.717) is 18.4 Å². The molecule has 0 saturated heterocycles. The second-order valence-corrected chi connectivity index (χ2v) is 7.27. The molecule has 6 nitrogen and oxygen atoms in total. The zero-order valence-electron chi connectivity index (χ0n) is 13.5. The molecule has 0 radical (unpaired) electrons. The van der Waals surface area contributed by atoms with Crippen LogP contribution in [0, 0.1) is 0 Å². The molecule has 0 amide bonds. The first kappa shape index (κ1) is 15.6. The molecule has 24 heavy (non-hydrogen) atoms. The number of hydrogen-bond donors (Lipinski definition) is 0. The summed E-state index contributed by atoms with van der Waals surface area (Å²) in [7, 11) is 0. The SMILES string of the molecule is O=C(CSc1nnnn1C1CCCCC1)c1ccc2c(c1)CCO2. The van der Waals surface area contributed by atoms with E-state index in [2.05, 4.69) is 15.5 Å². The number of carbonyl (C=O) groups excluding carboxylic acids is 1. The highest BCUT2D eigenvalue weighted by molar-refractivity contribution is 7.99. The molecule has 2 aromatic rings. The molecule has 1 aromatic heterocycles. The normalized spacial score (nSPS) is 17.5. The van der Waals surface area contributed by atoms with Crippen LogP contribution in [0.4, 0.5) is 0 Å². The van der Waals surface area contributed by atoms with Gasteiger partial charge in [-0.25, -0.2) is 4.68 Å². The number of thioether (sulfide) groups is 1. The minimum atomic E-state index is 0.105. The van der Waals surface area contributed by atoms with Gasteiger partial charge in [0.2, 0.25) is 5.16 Å². The molecule has 1 saturated carbocycles. The zero-order valence-corrected chi connectivity index (χ0v) is 14.3. The van der Waals surface area contributed by atoms with Crippen LogP contribution in [0.5, 0.6) is 5.75 Å². The third-order valence-electron chi connectivity index (χ3n) is 4.73. The van der Waals surface area contributed by atoms with Gasteiger partial charge in [0.05, 0.1) is 18.4 Å². The second-order valence-electron chi connectivity index (χ2n) is 6.33. The molecule has 0 N–H and O–H groups in total. The Morgan fingerprint density at radius 3 is 3.04 bits per heavy atom. The van der Waals surface area contributed by atoms with E-state index >= 15 is 0 Å². The van der Waals surface area contributed by atoms with Crippen molar-refractivity contribution in [1.82, 2.24) is 20.2 Å². The zero-order chi connectivity index (χ0) is 16.4. The third kappa shape index (κ3) is 3.17. The number of tetrazole rings is 1. The Balaban J connectivity index is 1.42. The molecule has 2 aliphatic rings. The largest absolute Gasteiger partial charge is 0.493 e. The summed E-state index contributed by atoms with van der Waals surface area (Å²) in [6.45, 7) is 0.706. The molecule has 1 aliphatic heterocycles. The fourth-order valence-corrected chi connectivity index (χ4v) is 4.25. The van der Waals surface area contributed by atoms with Crippen LogP contribution in [0.3, 0.4) is 0 Å². The van der Waals surface area contributed by atoms with Crippen LogP contribution in [-0.2, 0) is 6.42 Å². The number of ether oxygens (including phenoxy) is 1. The summed E-state index contributed by atoms with van der Waals surface area (Å²) >= 11 is 1.43. The number of Topliss-reactive ketones (excluding diaryl/α,β-unsaturated/α-hetero) is 1. The molecule has 2 heterocycles. The van der Waals surface area contributed by atoms with E-state index in [9.17, 15) is 4.79 Å². The van der Waals surface area contributed by atoms with Crippen LogP contribution < -0.4 is 4.74 Å². The molecule has 0 atom stereocenters. The van der Waals surface area contributed by atoms with E-state index < -0.39 is 0 Å². The fourth-order valence-electron chi connectivity index (χ4n) is 3.41. The van der Waals surface area contributed by atoms with Crippen molar-refractivity contribution in [3.05, 3.63) is 29.3 Å². The van der Waals surface area contributed by atoms with Gasteiger partial charge in [-0.15, -0.1) is 5.10 Å². The van der Waals surface area contributed by atoms with Gasteiger partial charge in [-0.3, -0.25) is 4.79 Å². The summed E-state index contributed by atoms with van der Waals surface area (Å²) in [5.74, 6) is 1.36. The van der Waals surface area contributed by atoms with Crippen molar-refractivity contribution in [3.8, 4) is 5.75 Å². The molecule has 4 rings (SSSR count). The van der Waals surface area contributed by atoms with E-state index in [-0.39, 0.29) is 5.78 Å². The van der Waals surface area contributed by atoms with E-state index in [1.54, 1.807) is 0 Å². The smallest absolute Gasteiger partial charge is 0.210 e. The summed E-state index contributed by atoms with van der Waals surface area (Å²) in [4.78, 5) is 12.5. The Labute approximate surface area is 145 Å². The topological polar surface area (TPSA) is 69.9 Å². The number of benzene rings is 1. The Morgan fingerprint density at radius 1 is 1.29 bits per heavy atom. The van der Waals surface area contributed by atoms with E-state index in [1.165, 1.54) is 31.0 Å². The molecular formula is C17H20N4O2S. The minimum absolute atomic E-state index is 0.105. The van der Waals surface area contributed by atoms with Gasteiger partial charge in [-0.2, -0.15) is 0 Å². The molecular weight excluding hydrogens is 324 g/mol. The number of aromatic nitrogens is 4. The van der Waals surface area contributed by atoms with Gasteiger partial charge in [0.1, 0.15) is 5.75 Å². The molecule has 126 valence electrons. The lowest BCUT2D eigenvalue weighted by molar-refractivity contribution is 0.102.